The van der Waals surface area contributed by atoms with E-state index >= 15 is 0 Å². The van der Waals surface area contributed by atoms with Crippen LogP contribution in [-0.4, -0.2) is 27.0 Å². The minimum Gasteiger partial charge on any atom is -0.478 e. The minimum absolute atomic E-state index is 0.114. The highest BCUT2D eigenvalue weighted by atomic mass is 32.1. The Hall–Kier alpha value is -2.28. The van der Waals surface area contributed by atoms with Crippen LogP contribution in [0.2, 0.25) is 0 Å². The Labute approximate surface area is 125 Å². The molecule has 0 aliphatic heterocycles. The Morgan fingerprint density at radius 2 is 2.05 bits per heavy atom. The van der Waals surface area contributed by atoms with E-state index in [2.05, 4.69) is 15.3 Å². The summed E-state index contributed by atoms with van der Waals surface area (Å²) >= 11 is 1.30. The SMILES string of the molecule is CC(C)(C)c1csc(NC(=O)c2ncccc2C(=O)O)n1. The number of hydrogen-bond donors (Lipinski definition) is 2. The largest absolute Gasteiger partial charge is 0.478 e. The number of carboxylic acid groups (broad SMARTS) is 1. The number of nitrogens with one attached hydrogen (secondary N) is 1. The van der Waals surface area contributed by atoms with E-state index in [0.29, 0.717) is 5.13 Å². The molecule has 0 saturated heterocycles. The monoisotopic (exact) mass is 305 g/mol. The Morgan fingerprint density at radius 3 is 2.62 bits per heavy atom. The molecule has 1 amide bonds. The second-order valence-corrected chi connectivity index (χ2v) is 6.30. The van der Waals surface area contributed by atoms with Crippen LogP contribution in [0.4, 0.5) is 5.13 Å². The molecule has 0 spiro atoms. The third kappa shape index (κ3) is 3.43. The van der Waals surface area contributed by atoms with Gasteiger partial charge in [-0.2, -0.15) is 0 Å². The van der Waals surface area contributed by atoms with Gasteiger partial charge in [0.25, 0.3) is 5.91 Å². The molecule has 0 radical (unpaired) electrons. The maximum absolute atomic E-state index is 12.1. The van der Waals surface area contributed by atoms with Crippen molar-refractivity contribution in [2.45, 2.75) is 26.2 Å². The molecule has 0 fully saturated rings. The fraction of sp³-hybridized carbons (Fsp3) is 0.286. The standard InChI is InChI=1S/C14H15N3O3S/c1-14(2,3)9-7-21-13(16-9)17-11(18)10-8(12(19)20)5-4-6-15-10/h4-7H,1-3H3,(H,19,20)(H,16,17,18). The normalized spacial score (nSPS) is 11.2. The zero-order valence-electron chi connectivity index (χ0n) is 11.9. The Morgan fingerprint density at radius 1 is 1.33 bits per heavy atom. The van der Waals surface area contributed by atoms with Gasteiger partial charge in [-0.1, -0.05) is 20.8 Å². The number of carbonyl (C=O) groups is 2. The molecule has 0 unspecified atom stereocenters. The van der Waals surface area contributed by atoms with Crippen molar-refractivity contribution in [3.05, 3.63) is 40.7 Å². The summed E-state index contributed by atoms with van der Waals surface area (Å²) < 4.78 is 0. The van der Waals surface area contributed by atoms with Crippen LogP contribution in [0.25, 0.3) is 0 Å². The van der Waals surface area contributed by atoms with Gasteiger partial charge >= 0.3 is 5.97 Å². The lowest BCUT2D eigenvalue weighted by Gasteiger charge is -2.14. The first-order valence-corrected chi connectivity index (χ1v) is 7.12. The molecular formula is C14H15N3O3S. The smallest absolute Gasteiger partial charge is 0.338 e. The Balaban J connectivity index is 2.23. The number of aromatic nitrogens is 2. The van der Waals surface area contributed by atoms with E-state index in [9.17, 15) is 9.59 Å². The van der Waals surface area contributed by atoms with Gasteiger partial charge < -0.3 is 5.11 Å². The lowest BCUT2D eigenvalue weighted by molar-refractivity contribution is 0.0691. The number of carbonyl (C=O) groups excluding carboxylic acids is 1. The molecule has 0 aliphatic carbocycles. The van der Waals surface area contributed by atoms with Crippen LogP contribution in [0.1, 0.15) is 47.3 Å². The van der Waals surface area contributed by atoms with Gasteiger partial charge in [0.2, 0.25) is 0 Å². The molecule has 2 aromatic heterocycles. The van der Waals surface area contributed by atoms with E-state index < -0.39 is 11.9 Å². The summed E-state index contributed by atoms with van der Waals surface area (Å²) in [5, 5.41) is 13.9. The molecule has 2 rings (SSSR count). The predicted molar refractivity (Wildman–Crippen MR) is 80.0 cm³/mol. The number of aromatic carboxylic acids is 1. The van der Waals surface area contributed by atoms with E-state index in [1.165, 1.54) is 29.7 Å². The summed E-state index contributed by atoms with van der Waals surface area (Å²) in [5.74, 6) is -1.77. The molecule has 0 saturated carbocycles. The summed E-state index contributed by atoms with van der Waals surface area (Å²) in [5.41, 5.74) is 0.485. The molecule has 6 nitrogen and oxygen atoms in total. The van der Waals surface area contributed by atoms with Crippen LogP contribution in [0.15, 0.2) is 23.7 Å². The Bertz CT molecular complexity index is 689. The summed E-state index contributed by atoms with van der Waals surface area (Å²) in [6, 6.07) is 2.81. The van der Waals surface area contributed by atoms with Gasteiger partial charge in [-0.25, -0.2) is 9.78 Å². The molecule has 2 N–H and O–H groups in total. The molecule has 0 aromatic carbocycles. The number of amides is 1. The van der Waals surface area contributed by atoms with E-state index in [0.717, 1.165) is 5.69 Å². The molecular weight excluding hydrogens is 290 g/mol. The highest BCUT2D eigenvalue weighted by Gasteiger charge is 2.21. The number of carboxylic acids is 1. The molecule has 2 heterocycles. The average Bonchev–Trinajstić information content (AvgIpc) is 2.87. The van der Waals surface area contributed by atoms with Crippen LogP contribution in [-0.2, 0) is 5.41 Å². The van der Waals surface area contributed by atoms with E-state index in [1.807, 2.05) is 26.2 Å². The van der Waals surface area contributed by atoms with Crippen molar-refractivity contribution in [2.75, 3.05) is 5.32 Å². The second kappa shape index (κ2) is 5.61. The van der Waals surface area contributed by atoms with Crippen molar-refractivity contribution >= 4 is 28.3 Å². The van der Waals surface area contributed by atoms with Gasteiger partial charge in [-0.3, -0.25) is 15.1 Å². The maximum Gasteiger partial charge on any atom is 0.338 e. The third-order valence-corrected chi connectivity index (χ3v) is 3.50. The van der Waals surface area contributed by atoms with Crippen molar-refractivity contribution < 1.29 is 14.7 Å². The first kappa shape index (κ1) is 15.1. The fourth-order valence-corrected chi connectivity index (χ4v) is 2.52. The van der Waals surface area contributed by atoms with Crippen molar-refractivity contribution in [1.29, 1.82) is 0 Å². The molecule has 21 heavy (non-hydrogen) atoms. The van der Waals surface area contributed by atoms with Crippen LogP contribution >= 0.6 is 11.3 Å². The second-order valence-electron chi connectivity index (χ2n) is 5.45. The van der Waals surface area contributed by atoms with Crippen LogP contribution in [0.3, 0.4) is 0 Å². The number of anilines is 1. The zero-order valence-corrected chi connectivity index (χ0v) is 12.7. The molecule has 0 aliphatic rings. The van der Waals surface area contributed by atoms with Crippen LogP contribution < -0.4 is 5.32 Å². The van der Waals surface area contributed by atoms with Crippen LogP contribution in [0, 0.1) is 0 Å². The number of pyridine rings is 1. The third-order valence-electron chi connectivity index (χ3n) is 2.75. The first-order chi connectivity index (χ1) is 9.79. The highest BCUT2D eigenvalue weighted by Crippen LogP contribution is 2.26. The zero-order chi connectivity index (χ0) is 15.6. The topological polar surface area (TPSA) is 92.2 Å². The number of thiazole rings is 1. The number of nitrogens with zero attached hydrogens (tertiary/aromatic N) is 2. The highest BCUT2D eigenvalue weighted by molar-refractivity contribution is 7.14. The maximum atomic E-state index is 12.1. The first-order valence-electron chi connectivity index (χ1n) is 6.24. The number of hydrogen-bond acceptors (Lipinski definition) is 5. The van der Waals surface area contributed by atoms with Gasteiger partial charge in [0.05, 0.1) is 11.3 Å². The minimum atomic E-state index is -1.19. The molecule has 0 atom stereocenters. The molecule has 0 bridgehead atoms. The molecule has 110 valence electrons. The summed E-state index contributed by atoms with van der Waals surface area (Å²) in [4.78, 5) is 31.4. The summed E-state index contributed by atoms with van der Waals surface area (Å²) in [6.45, 7) is 6.07. The molecule has 7 heteroatoms. The molecule has 2 aromatic rings. The van der Waals surface area contributed by atoms with E-state index in [1.54, 1.807) is 0 Å². The van der Waals surface area contributed by atoms with Gasteiger partial charge in [-0.15, -0.1) is 11.3 Å². The van der Waals surface area contributed by atoms with Gasteiger partial charge in [0.1, 0.15) is 5.69 Å². The summed E-state index contributed by atoms with van der Waals surface area (Å²) in [6.07, 6.45) is 1.38. The van der Waals surface area contributed by atoms with Crippen LogP contribution in [0.5, 0.6) is 0 Å². The van der Waals surface area contributed by atoms with Crippen molar-refractivity contribution in [3.8, 4) is 0 Å². The summed E-state index contributed by atoms with van der Waals surface area (Å²) in [7, 11) is 0. The van der Waals surface area contributed by atoms with Gasteiger partial charge in [0.15, 0.2) is 5.13 Å². The van der Waals surface area contributed by atoms with Gasteiger partial charge in [-0.05, 0) is 12.1 Å². The van der Waals surface area contributed by atoms with Crippen molar-refractivity contribution in [2.24, 2.45) is 0 Å². The average molecular weight is 305 g/mol. The van der Waals surface area contributed by atoms with Crippen molar-refractivity contribution in [1.82, 2.24) is 9.97 Å². The lowest BCUT2D eigenvalue weighted by atomic mass is 9.93. The quantitative estimate of drug-likeness (QED) is 0.909. The van der Waals surface area contributed by atoms with Gasteiger partial charge in [0, 0.05) is 17.0 Å². The van der Waals surface area contributed by atoms with E-state index in [4.69, 9.17) is 5.11 Å². The number of rotatable bonds is 3. The lowest BCUT2D eigenvalue weighted by Crippen LogP contribution is -2.18. The van der Waals surface area contributed by atoms with Crippen molar-refractivity contribution in [3.63, 3.8) is 0 Å². The van der Waals surface area contributed by atoms with E-state index in [-0.39, 0.29) is 16.7 Å². The predicted octanol–water partition coefficient (Wildman–Crippen LogP) is 2.79. The fourth-order valence-electron chi connectivity index (χ4n) is 1.59. The Kier molecular flexibility index (Phi) is 4.04.